The van der Waals surface area contributed by atoms with Crippen LogP contribution in [0.5, 0.6) is 0 Å². The van der Waals surface area contributed by atoms with Crippen LogP contribution in [-0.4, -0.2) is 10.9 Å². The number of fused-ring (bicyclic) bond motifs is 1. The molecule has 62 valence electrons. The van der Waals surface area contributed by atoms with E-state index in [4.69, 9.17) is 0 Å². The highest BCUT2D eigenvalue weighted by Crippen LogP contribution is 2.19. The summed E-state index contributed by atoms with van der Waals surface area (Å²) in [5.74, 6) is 0.0988. The number of carbonyl (C=O) groups is 1. The Kier molecular flexibility index (Phi) is 1.78. The number of hydrogen-bond acceptors (Lipinski definition) is 2. The van der Waals surface area contributed by atoms with Crippen LogP contribution in [0.1, 0.15) is 18.4 Å². The molecule has 0 spiro atoms. The third kappa shape index (κ3) is 1.30. The Morgan fingerprint density at radius 1 is 1.42 bits per heavy atom. The molecule has 1 aromatic heterocycles. The predicted octanol–water partition coefficient (Wildman–Crippen LogP) is 1.36. The number of aromatic nitrogens is 1. The molecule has 3 nitrogen and oxygen atoms in total. The van der Waals surface area contributed by atoms with Crippen LogP contribution in [0.3, 0.4) is 0 Å². The molecule has 1 amide bonds. The molecule has 1 aliphatic rings. The molecule has 0 fully saturated rings. The van der Waals surface area contributed by atoms with Crippen molar-refractivity contribution >= 4 is 11.6 Å². The van der Waals surface area contributed by atoms with Gasteiger partial charge in [-0.3, -0.25) is 9.78 Å². The van der Waals surface area contributed by atoms with Crippen molar-refractivity contribution in [3.8, 4) is 0 Å². The minimum absolute atomic E-state index is 0.0988. The largest absolute Gasteiger partial charge is 0.325 e. The minimum atomic E-state index is 0.0988. The van der Waals surface area contributed by atoms with Gasteiger partial charge in [-0.2, -0.15) is 0 Å². The Hall–Kier alpha value is -1.38. The summed E-state index contributed by atoms with van der Waals surface area (Å²) in [6.07, 6.45) is 5.99. The lowest BCUT2D eigenvalue weighted by Gasteiger charge is -2.03. The maximum atomic E-state index is 11.1. The smallest absolute Gasteiger partial charge is 0.224 e. The van der Waals surface area contributed by atoms with E-state index in [2.05, 4.69) is 10.3 Å². The fraction of sp³-hybridized carbons (Fsp3) is 0.333. The second-order valence-electron chi connectivity index (χ2n) is 2.93. The fourth-order valence-electron chi connectivity index (χ4n) is 1.41. The van der Waals surface area contributed by atoms with Crippen LogP contribution in [0.25, 0.3) is 0 Å². The van der Waals surface area contributed by atoms with Crippen molar-refractivity contribution in [1.29, 1.82) is 0 Å². The van der Waals surface area contributed by atoms with Crippen molar-refractivity contribution in [2.75, 3.05) is 5.32 Å². The number of carbonyl (C=O) groups excluding carboxylic acids is 1. The summed E-state index contributed by atoms with van der Waals surface area (Å²) in [5.41, 5.74) is 2.07. The summed E-state index contributed by atoms with van der Waals surface area (Å²) in [5, 5.41) is 2.82. The van der Waals surface area contributed by atoms with Crippen LogP contribution < -0.4 is 5.32 Å². The number of rotatable bonds is 0. The lowest BCUT2D eigenvalue weighted by atomic mass is 10.1. The molecule has 0 atom stereocenters. The molecule has 0 saturated carbocycles. The third-order valence-corrected chi connectivity index (χ3v) is 2.04. The summed E-state index contributed by atoms with van der Waals surface area (Å²) in [6.45, 7) is 0. The van der Waals surface area contributed by atoms with Crippen LogP contribution in [0.4, 0.5) is 5.69 Å². The van der Waals surface area contributed by atoms with Gasteiger partial charge in [-0.25, -0.2) is 0 Å². The van der Waals surface area contributed by atoms with Gasteiger partial charge in [0.1, 0.15) is 0 Å². The molecule has 1 aromatic rings. The molecule has 1 aliphatic heterocycles. The molecular weight excluding hydrogens is 152 g/mol. The highest BCUT2D eigenvalue weighted by atomic mass is 16.1. The van der Waals surface area contributed by atoms with Crippen molar-refractivity contribution in [3.05, 3.63) is 24.0 Å². The summed E-state index contributed by atoms with van der Waals surface area (Å²) in [4.78, 5) is 15.1. The zero-order chi connectivity index (χ0) is 8.39. The average Bonchev–Trinajstić information content (AvgIpc) is 2.25. The zero-order valence-electron chi connectivity index (χ0n) is 6.71. The molecule has 0 radical (unpaired) electrons. The number of pyridine rings is 1. The van der Waals surface area contributed by atoms with Gasteiger partial charge < -0.3 is 5.32 Å². The van der Waals surface area contributed by atoms with E-state index in [0.29, 0.717) is 6.42 Å². The number of anilines is 1. The molecule has 0 aliphatic carbocycles. The van der Waals surface area contributed by atoms with E-state index >= 15 is 0 Å². The second-order valence-corrected chi connectivity index (χ2v) is 2.93. The van der Waals surface area contributed by atoms with E-state index < -0.39 is 0 Å². The van der Waals surface area contributed by atoms with Gasteiger partial charge in [-0.1, -0.05) is 0 Å². The van der Waals surface area contributed by atoms with Gasteiger partial charge in [0.15, 0.2) is 0 Å². The SMILES string of the molecule is O=C1CCCc2ccncc2N1. The molecule has 12 heavy (non-hydrogen) atoms. The molecule has 2 heterocycles. The first-order chi connectivity index (χ1) is 5.86. The average molecular weight is 162 g/mol. The van der Waals surface area contributed by atoms with Crippen molar-refractivity contribution in [1.82, 2.24) is 4.98 Å². The van der Waals surface area contributed by atoms with E-state index in [9.17, 15) is 4.79 Å². The Bertz CT molecular complexity index is 309. The Labute approximate surface area is 70.8 Å². The molecule has 3 heteroatoms. The topological polar surface area (TPSA) is 42.0 Å². The Balaban J connectivity index is 2.37. The van der Waals surface area contributed by atoms with E-state index in [-0.39, 0.29) is 5.91 Å². The standard InChI is InChI=1S/C9H10N2O/c12-9-3-1-2-7-4-5-10-6-8(7)11-9/h4-6H,1-3H2,(H,11,12). The van der Waals surface area contributed by atoms with Crippen molar-refractivity contribution < 1.29 is 4.79 Å². The van der Waals surface area contributed by atoms with Gasteiger partial charge in [-0.15, -0.1) is 0 Å². The van der Waals surface area contributed by atoms with Gasteiger partial charge in [-0.05, 0) is 24.5 Å². The fourth-order valence-corrected chi connectivity index (χ4v) is 1.41. The molecule has 2 rings (SSSR count). The maximum absolute atomic E-state index is 11.1. The molecule has 0 saturated heterocycles. The van der Waals surface area contributed by atoms with Crippen LogP contribution in [0, 0.1) is 0 Å². The molecule has 1 N–H and O–H groups in total. The summed E-state index contributed by atoms with van der Waals surface area (Å²) < 4.78 is 0. The van der Waals surface area contributed by atoms with Crippen molar-refractivity contribution in [2.45, 2.75) is 19.3 Å². The van der Waals surface area contributed by atoms with Crippen molar-refractivity contribution in [2.24, 2.45) is 0 Å². The van der Waals surface area contributed by atoms with E-state index in [0.717, 1.165) is 18.5 Å². The summed E-state index contributed by atoms with van der Waals surface area (Å²) in [7, 11) is 0. The quantitative estimate of drug-likeness (QED) is 0.625. The monoisotopic (exact) mass is 162 g/mol. The minimum Gasteiger partial charge on any atom is -0.325 e. The molecular formula is C9H10N2O. The van der Waals surface area contributed by atoms with Crippen LogP contribution in [-0.2, 0) is 11.2 Å². The van der Waals surface area contributed by atoms with E-state index in [1.807, 2.05) is 6.07 Å². The zero-order valence-corrected chi connectivity index (χ0v) is 6.71. The molecule has 0 bridgehead atoms. The first kappa shape index (κ1) is 7.28. The summed E-state index contributed by atoms with van der Waals surface area (Å²) >= 11 is 0. The van der Waals surface area contributed by atoms with Crippen LogP contribution in [0.15, 0.2) is 18.5 Å². The van der Waals surface area contributed by atoms with Gasteiger partial charge in [0.05, 0.1) is 11.9 Å². The predicted molar refractivity (Wildman–Crippen MR) is 45.8 cm³/mol. The van der Waals surface area contributed by atoms with Gasteiger partial charge in [0.2, 0.25) is 5.91 Å². The number of nitrogens with zero attached hydrogens (tertiary/aromatic N) is 1. The van der Waals surface area contributed by atoms with Crippen molar-refractivity contribution in [3.63, 3.8) is 0 Å². The Morgan fingerprint density at radius 2 is 2.33 bits per heavy atom. The first-order valence-corrected chi connectivity index (χ1v) is 4.09. The first-order valence-electron chi connectivity index (χ1n) is 4.09. The molecule has 0 aromatic carbocycles. The lowest BCUT2D eigenvalue weighted by Crippen LogP contribution is -2.09. The Morgan fingerprint density at radius 3 is 3.25 bits per heavy atom. The normalized spacial score (nSPS) is 16.2. The van der Waals surface area contributed by atoms with Gasteiger partial charge in [0.25, 0.3) is 0 Å². The maximum Gasteiger partial charge on any atom is 0.224 e. The third-order valence-electron chi connectivity index (χ3n) is 2.04. The highest BCUT2D eigenvalue weighted by molar-refractivity contribution is 5.91. The lowest BCUT2D eigenvalue weighted by molar-refractivity contribution is -0.116. The van der Waals surface area contributed by atoms with E-state index in [1.54, 1.807) is 12.4 Å². The second kappa shape index (κ2) is 2.93. The summed E-state index contributed by atoms with van der Waals surface area (Å²) in [6, 6.07) is 1.96. The van der Waals surface area contributed by atoms with Gasteiger partial charge >= 0.3 is 0 Å². The number of hydrogen-bond donors (Lipinski definition) is 1. The van der Waals surface area contributed by atoms with Crippen LogP contribution in [0.2, 0.25) is 0 Å². The number of nitrogens with one attached hydrogen (secondary N) is 1. The number of aryl methyl sites for hydroxylation is 1. The highest BCUT2D eigenvalue weighted by Gasteiger charge is 2.11. The number of amides is 1. The van der Waals surface area contributed by atoms with Crippen LogP contribution >= 0.6 is 0 Å². The molecule has 0 unspecified atom stereocenters. The van der Waals surface area contributed by atoms with Gasteiger partial charge in [0, 0.05) is 12.6 Å². The van der Waals surface area contributed by atoms with E-state index in [1.165, 1.54) is 5.56 Å².